The Labute approximate surface area is 198 Å². The number of carboxylic acids is 1. The number of carbonyl (C=O) groups is 1. The van der Waals surface area contributed by atoms with Gasteiger partial charge in [-0.25, -0.2) is 13.2 Å². The molecule has 1 heterocycles. The Balaban J connectivity index is 1.63. The summed E-state index contributed by atoms with van der Waals surface area (Å²) < 4.78 is 48.1. The molecular formula is C23H29FN2O5S2. The minimum Gasteiger partial charge on any atom is -0.476 e. The van der Waals surface area contributed by atoms with Gasteiger partial charge in [0.05, 0.1) is 10.6 Å². The van der Waals surface area contributed by atoms with Crippen LogP contribution < -0.4 is 9.64 Å². The summed E-state index contributed by atoms with van der Waals surface area (Å²) in [5.74, 6) is -1.99. The predicted molar refractivity (Wildman–Crippen MR) is 124 cm³/mol. The average Bonchev–Trinajstić information content (AvgIpc) is 3.23. The third-order valence-corrected chi connectivity index (χ3v) is 10.7. The summed E-state index contributed by atoms with van der Waals surface area (Å²) in [5.41, 5.74) is 0.699. The van der Waals surface area contributed by atoms with Crippen LogP contribution in [-0.2, 0) is 14.8 Å². The molecule has 1 atom stereocenters. The highest BCUT2D eigenvalue weighted by Crippen LogP contribution is 2.62. The molecule has 1 aromatic rings. The van der Waals surface area contributed by atoms with Crippen molar-refractivity contribution < 1.29 is 27.4 Å². The first kappa shape index (κ1) is 23.0. The minimum absolute atomic E-state index is 0.0182. The number of aliphatic carboxylic acids is 1. The lowest BCUT2D eigenvalue weighted by Crippen LogP contribution is -2.70. The van der Waals surface area contributed by atoms with E-state index in [-0.39, 0.29) is 22.2 Å². The normalized spacial score (nSPS) is 31.4. The van der Waals surface area contributed by atoms with Crippen molar-refractivity contribution in [2.24, 2.45) is 11.8 Å². The van der Waals surface area contributed by atoms with Crippen LogP contribution in [0.15, 0.2) is 34.0 Å². The lowest BCUT2D eigenvalue weighted by atomic mass is 9.49. The zero-order valence-corrected chi connectivity index (χ0v) is 20.4. The number of halogens is 1. The van der Waals surface area contributed by atoms with Gasteiger partial charge in [0.15, 0.2) is 0 Å². The third-order valence-electron chi connectivity index (χ3n) is 8.05. The number of fused-ring (bicyclic) bond motifs is 1. The molecule has 0 amide bonds. The number of rotatable bonds is 6. The summed E-state index contributed by atoms with van der Waals surface area (Å²) >= 11 is 1.35. The number of benzene rings is 1. The smallest absolute Gasteiger partial charge is 0.368 e. The van der Waals surface area contributed by atoms with E-state index in [0.29, 0.717) is 29.3 Å². The van der Waals surface area contributed by atoms with Crippen molar-refractivity contribution >= 4 is 33.4 Å². The van der Waals surface area contributed by atoms with Crippen molar-refractivity contribution in [1.29, 1.82) is 0 Å². The molecule has 0 radical (unpaired) electrons. The number of anilines is 1. The topological polar surface area (TPSA) is 87.1 Å². The fraction of sp³-hybridized carbons (Fsp3) is 0.609. The van der Waals surface area contributed by atoms with E-state index in [0.717, 1.165) is 50.9 Å². The lowest BCUT2D eigenvalue weighted by molar-refractivity contribution is -0.134. The van der Waals surface area contributed by atoms with Gasteiger partial charge in [-0.2, -0.15) is 8.70 Å². The van der Waals surface area contributed by atoms with Gasteiger partial charge in [0.25, 0.3) is 0 Å². The zero-order chi connectivity index (χ0) is 23.5. The maximum absolute atomic E-state index is 13.8. The molecule has 0 spiro atoms. The molecule has 0 saturated heterocycles. The van der Waals surface area contributed by atoms with Gasteiger partial charge in [-0.05, 0) is 56.3 Å². The van der Waals surface area contributed by atoms with Crippen molar-refractivity contribution in [3.05, 3.63) is 24.2 Å². The maximum atomic E-state index is 13.8. The predicted octanol–water partition coefficient (Wildman–Crippen LogP) is 4.23. The molecule has 1 aliphatic heterocycles. The van der Waals surface area contributed by atoms with Crippen LogP contribution in [0, 0.1) is 11.8 Å². The van der Waals surface area contributed by atoms with Crippen LogP contribution in [-0.4, -0.2) is 55.2 Å². The number of ether oxygens (including phenoxy) is 1. The monoisotopic (exact) mass is 496 g/mol. The van der Waals surface area contributed by atoms with Gasteiger partial charge in [-0.15, -0.1) is 11.8 Å². The highest BCUT2D eigenvalue weighted by molar-refractivity contribution is 7.98. The Bertz CT molecular complexity index is 1100. The van der Waals surface area contributed by atoms with Crippen LogP contribution in [0.4, 0.5) is 10.1 Å². The van der Waals surface area contributed by atoms with Crippen LogP contribution in [0.25, 0.3) is 0 Å². The molecule has 4 saturated carbocycles. The van der Waals surface area contributed by atoms with Crippen molar-refractivity contribution in [2.45, 2.75) is 66.3 Å². The van der Waals surface area contributed by atoms with Crippen LogP contribution >= 0.6 is 11.8 Å². The highest BCUT2D eigenvalue weighted by atomic mass is 32.2. The Morgan fingerprint density at radius 1 is 1.27 bits per heavy atom. The van der Waals surface area contributed by atoms with Gasteiger partial charge in [-0.1, -0.05) is 12.8 Å². The molecule has 7 nitrogen and oxygen atoms in total. The molecule has 1 aromatic carbocycles. The lowest BCUT2D eigenvalue weighted by Gasteiger charge is -2.67. The van der Waals surface area contributed by atoms with Crippen molar-refractivity contribution in [2.75, 3.05) is 24.7 Å². The van der Waals surface area contributed by atoms with Crippen molar-refractivity contribution in [3.8, 4) is 5.75 Å². The van der Waals surface area contributed by atoms with Gasteiger partial charge >= 0.3 is 5.97 Å². The number of carboxylic acid groups (broad SMARTS) is 1. The third kappa shape index (κ3) is 3.65. The van der Waals surface area contributed by atoms with Crippen LogP contribution in [0.2, 0.25) is 0 Å². The molecule has 2 bridgehead atoms. The van der Waals surface area contributed by atoms with E-state index in [2.05, 4.69) is 4.90 Å². The fourth-order valence-electron chi connectivity index (χ4n) is 6.10. The molecule has 180 valence electrons. The molecule has 6 rings (SSSR count). The summed E-state index contributed by atoms with van der Waals surface area (Å²) in [7, 11) is -2.17. The Morgan fingerprint density at radius 2 is 1.94 bits per heavy atom. The molecule has 1 N–H and O–H groups in total. The average molecular weight is 497 g/mol. The molecule has 4 fully saturated rings. The number of hydrogen-bond acceptors (Lipinski definition) is 6. The minimum atomic E-state index is -3.83. The van der Waals surface area contributed by atoms with Crippen molar-refractivity contribution in [1.82, 2.24) is 4.31 Å². The first-order valence-electron chi connectivity index (χ1n) is 11.4. The van der Waals surface area contributed by atoms with Crippen LogP contribution in [0.1, 0.15) is 44.9 Å². The molecule has 0 aromatic heterocycles. The molecular weight excluding hydrogens is 467 g/mol. The summed E-state index contributed by atoms with van der Waals surface area (Å²) in [5, 5.41) is 8.79. The Morgan fingerprint density at radius 3 is 2.48 bits per heavy atom. The Hall–Kier alpha value is -1.78. The molecule has 33 heavy (non-hydrogen) atoms. The fourth-order valence-corrected chi connectivity index (χ4v) is 8.23. The van der Waals surface area contributed by atoms with E-state index in [9.17, 15) is 17.6 Å². The Kier molecular flexibility index (Phi) is 5.69. The first-order valence-corrected chi connectivity index (χ1v) is 14.1. The SMILES string of the molecule is CSc1cc2c(cc1O/C=C(\F)C(=O)O)S(=O)(=O)N(C)[C@H](C1CCCC1)CN2C12CC(C1)C2. The van der Waals surface area contributed by atoms with Gasteiger partial charge in [0.1, 0.15) is 16.9 Å². The number of sulfonamides is 1. The van der Waals surface area contributed by atoms with Crippen LogP contribution in [0.3, 0.4) is 0 Å². The van der Waals surface area contributed by atoms with Gasteiger partial charge in [0, 0.05) is 31.2 Å². The quantitative estimate of drug-likeness (QED) is 0.358. The molecule has 10 heteroatoms. The van der Waals surface area contributed by atoms with E-state index >= 15 is 0 Å². The van der Waals surface area contributed by atoms with Crippen molar-refractivity contribution in [3.63, 3.8) is 0 Å². The molecule has 4 aliphatic carbocycles. The number of nitrogens with zero attached hydrogens (tertiary/aromatic N) is 2. The largest absolute Gasteiger partial charge is 0.476 e. The number of hydrogen-bond donors (Lipinski definition) is 1. The van der Waals surface area contributed by atoms with Gasteiger partial charge < -0.3 is 14.7 Å². The highest BCUT2D eigenvalue weighted by Gasteiger charge is 2.61. The van der Waals surface area contributed by atoms with Crippen LogP contribution in [0.5, 0.6) is 5.75 Å². The van der Waals surface area contributed by atoms with E-state index in [1.54, 1.807) is 7.05 Å². The summed E-state index contributed by atoms with van der Waals surface area (Å²) in [6, 6.07) is 3.16. The first-order chi connectivity index (χ1) is 15.7. The van der Waals surface area contributed by atoms with E-state index in [1.165, 1.54) is 22.1 Å². The van der Waals surface area contributed by atoms with Gasteiger partial charge in [0.2, 0.25) is 15.9 Å². The number of likely N-dealkylation sites (N-methyl/N-ethyl adjacent to an activating group) is 1. The van der Waals surface area contributed by atoms with E-state index < -0.39 is 21.8 Å². The second-order valence-electron chi connectivity index (χ2n) is 9.81. The maximum Gasteiger partial charge on any atom is 0.368 e. The second kappa shape index (κ2) is 8.16. The summed E-state index contributed by atoms with van der Waals surface area (Å²) in [6.45, 7) is 0.668. The standard InChI is InChI=1S/C23H29FN2O5S2/c1-25-18(15-5-3-4-6-15)12-26(23-9-14(10-23)11-23)17-7-20(32-2)19(8-21(17)33(25,29)30)31-13-16(24)22(27)28/h7-8,13-15,18H,3-6,9-12H2,1-2H3,(H,27,28)/b16-13-/t14?,18-,23?/m0/s1. The summed E-state index contributed by atoms with van der Waals surface area (Å²) in [6.07, 6.45) is 9.94. The summed E-state index contributed by atoms with van der Waals surface area (Å²) in [4.78, 5) is 13.9. The van der Waals surface area contributed by atoms with Gasteiger partial charge in [-0.3, -0.25) is 0 Å². The van der Waals surface area contributed by atoms with E-state index in [4.69, 9.17) is 9.84 Å². The molecule has 5 aliphatic rings. The second-order valence-corrected chi connectivity index (χ2v) is 12.6. The molecule has 0 unspecified atom stereocenters. The van der Waals surface area contributed by atoms with E-state index in [1.807, 2.05) is 12.3 Å². The zero-order valence-electron chi connectivity index (χ0n) is 18.8. The number of thioether (sulfide) groups is 1.